The molecule has 2 aromatic carbocycles. The van der Waals surface area contributed by atoms with Crippen LogP contribution in [-0.4, -0.2) is 26.6 Å². The number of benzene rings is 2. The molecule has 1 N–H and O–H groups in total. The van der Waals surface area contributed by atoms with Crippen LogP contribution in [0.1, 0.15) is 13.3 Å². The van der Waals surface area contributed by atoms with Crippen LogP contribution in [0.4, 0.5) is 11.4 Å². The third kappa shape index (κ3) is 5.04. The van der Waals surface area contributed by atoms with Crippen LogP contribution in [0.5, 0.6) is 0 Å². The van der Waals surface area contributed by atoms with E-state index in [0.29, 0.717) is 26.4 Å². The average Bonchev–Trinajstić information content (AvgIpc) is 2.54. The van der Waals surface area contributed by atoms with Gasteiger partial charge in [0.2, 0.25) is 15.9 Å². The molecule has 0 saturated heterocycles. The molecule has 1 unspecified atom stereocenters. The van der Waals surface area contributed by atoms with E-state index in [0.717, 1.165) is 10.6 Å². The number of amides is 1. The maximum Gasteiger partial charge on any atom is 0.248 e. The van der Waals surface area contributed by atoms with Gasteiger partial charge in [0.1, 0.15) is 6.04 Å². The van der Waals surface area contributed by atoms with Gasteiger partial charge in [-0.2, -0.15) is 0 Å². The number of sulfonamides is 1. The van der Waals surface area contributed by atoms with Crippen LogP contribution in [0.15, 0.2) is 42.5 Å². The molecule has 1 amide bonds. The predicted octanol–water partition coefficient (Wildman–Crippen LogP) is 4.83. The molecule has 26 heavy (non-hydrogen) atoms. The summed E-state index contributed by atoms with van der Waals surface area (Å²) in [6.07, 6.45) is 1.28. The molecule has 9 heteroatoms. The van der Waals surface area contributed by atoms with Crippen LogP contribution in [0, 0.1) is 0 Å². The number of rotatable bonds is 6. The zero-order chi connectivity index (χ0) is 19.5. The van der Waals surface area contributed by atoms with Gasteiger partial charge in [-0.25, -0.2) is 8.42 Å². The number of anilines is 2. The first kappa shape index (κ1) is 20.8. The van der Waals surface area contributed by atoms with Gasteiger partial charge in [-0.05, 0) is 42.8 Å². The summed E-state index contributed by atoms with van der Waals surface area (Å²) in [4.78, 5) is 12.8. The Kier molecular flexibility index (Phi) is 6.80. The molecule has 140 valence electrons. The first-order valence-electron chi connectivity index (χ1n) is 7.64. The number of carbonyl (C=O) groups excluding carboxylic acids is 1. The molecule has 0 bridgehead atoms. The Hall–Kier alpha value is -1.47. The fourth-order valence-corrected chi connectivity index (χ4v) is 4.21. The summed E-state index contributed by atoms with van der Waals surface area (Å²) >= 11 is 18.0. The molecule has 2 aromatic rings. The summed E-state index contributed by atoms with van der Waals surface area (Å²) in [5.74, 6) is -0.526. The second-order valence-electron chi connectivity index (χ2n) is 5.58. The highest BCUT2D eigenvalue weighted by molar-refractivity contribution is 7.92. The van der Waals surface area contributed by atoms with E-state index in [1.807, 2.05) is 0 Å². The Morgan fingerprint density at radius 3 is 2.35 bits per heavy atom. The van der Waals surface area contributed by atoms with Crippen LogP contribution in [0.25, 0.3) is 0 Å². The first-order chi connectivity index (χ1) is 12.1. The molecular weight excluding hydrogens is 419 g/mol. The molecule has 0 saturated carbocycles. The van der Waals surface area contributed by atoms with Crippen molar-refractivity contribution in [2.45, 2.75) is 19.4 Å². The van der Waals surface area contributed by atoms with Gasteiger partial charge in [-0.3, -0.25) is 9.10 Å². The number of hydrogen-bond donors (Lipinski definition) is 1. The minimum atomic E-state index is -3.75. The van der Waals surface area contributed by atoms with Crippen molar-refractivity contribution in [3.05, 3.63) is 57.5 Å². The second-order valence-corrected chi connectivity index (χ2v) is 8.72. The molecule has 0 aliphatic rings. The fourth-order valence-electron chi connectivity index (χ4n) is 2.48. The van der Waals surface area contributed by atoms with Crippen molar-refractivity contribution in [3.63, 3.8) is 0 Å². The minimum Gasteiger partial charge on any atom is -0.323 e. The van der Waals surface area contributed by atoms with Gasteiger partial charge < -0.3 is 5.32 Å². The minimum absolute atomic E-state index is 0.240. The summed E-state index contributed by atoms with van der Waals surface area (Å²) in [7, 11) is -3.75. The Morgan fingerprint density at radius 2 is 1.77 bits per heavy atom. The van der Waals surface area contributed by atoms with Crippen LogP contribution >= 0.6 is 34.8 Å². The Bertz CT molecular complexity index is 919. The summed E-state index contributed by atoms with van der Waals surface area (Å²) in [6.45, 7) is 1.71. The van der Waals surface area contributed by atoms with E-state index in [9.17, 15) is 13.2 Å². The largest absolute Gasteiger partial charge is 0.323 e. The quantitative estimate of drug-likeness (QED) is 0.706. The van der Waals surface area contributed by atoms with E-state index < -0.39 is 22.0 Å². The van der Waals surface area contributed by atoms with Crippen molar-refractivity contribution in [1.29, 1.82) is 0 Å². The highest BCUT2D eigenvalue weighted by atomic mass is 35.5. The van der Waals surface area contributed by atoms with Crippen molar-refractivity contribution in [3.8, 4) is 0 Å². The summed E-state index contributed by atoms with van der Waals surface area (Å²) in [5.41, 5.74) is 0.612. The van der Waals surface area contributed by atoms with Crippen molar-refractivity contribution in [2.24, 2.45) is 0 Å². The molecule has 0 radical (unpaired) electrons. The van der Waals surface area contributed by atoms with Gasteiger partial charge in [-0.15, -0.1) is 0 Å². The van der Waals surface area contributed by atoms with Crippen LogP contribution in [-0.2, 0) is 14.8 Å². The Labute approximate surface area is 167 Å². The van der Waals surface area contributed by atoms with E-state index >= 15 is 0 Å². The number of carbonyl (C=O) groups is 1. The lowest BCUT2D eigenvalue weighted by molar-refractivity contribution is -0.117. The van der Waals surface area contributed by atoms with Crippen LogP contribution in [0.2, 0.25) is 15.1 Å². The van der Waals surface area contributed by atoms with Crippen LogP contribution in [0.3, 0.4) is 0 Å². The van der Waals surface area contributed by atoms with Crippen molar-refractivity contribution >= 4 is 62.1 Å². The number of nitrogens with zero attached hydrogens (tertiary/aromatic N) is 1. The van der Waals surface area contributed by atoms with Crippen molar-refractivity contribution in [2.75, 3.05) is 15.9 Å². The lowest BCUT2D eigenvalue weighted by Crippen LogP contribution is -2.47. The Balaban J connectivity index is 2.41. The average molecular weight is 436 g/mol. The van der Waals surface area contributed by atoms with E-state index in [-0.39, 0.29) is 6.42 Å². The van der Waals surface area contributed by atoms with E-state index in [1.165, 1.54) is 12.1 Å². The van der Waals surface area contributed by atoms with Gasteiger partial charge in [0, 0.05) is 10.0 Å². The standard InChI is InChI=1S/C17H17Cl3N2O3S/c1-3-16(17(23)21-15-10-12(19)7-8-14(15)20)22(26(2,24)25)13-6-4-5-11(18)9-13/h4-10,16H,3H2,1-2H3,(H,21,23). The van der Waals surface area contributed by atoms with E-state index in [1.54, 1.807) is 37.3 Å². The summed E-state index contributed by atoms with van der Waals surface area (Å²) < 4.78 is 25.8. The van der Waals surface area contributed by atoms with Gasteiger partial charge >= 0.3 is 0 Å². The van der Waals surface area contributed by atoms with Gasteiger partial charge in [0.25, 0.3) is 0 Å². The molecule has 0 fully saturated rings. The third-order valence-corrected chi connectivity index (χ3v) is 5.56. The SMILES string of the molecule is CCC(C(=O)Nc1cc(Cl)ccc1Cl)N(c1cccc(Cl)c1)S(C)(=O)=O. The molecule has 2 rings (SSSR count). The molecule has 1 atom stereocenters. The lowest BCUT2D eigenvalue weighted by atomic mass is 10.2. The van der Waals surface area contributed by atoms with E-state index in [4.69, 9.17) is 34.8 Å². The van der Waals surface area contributed by atoms with Crippen molar-refractivity contribution in [1.82, 2.24) is 0 Å². The van der Waals surface area contributed by atoms with E-state index in [2.05, 4.69) is 5.32 Å². The lowest BCUT2D eigenvalue weighted by Gasteiger charge is -2.30. The maximum absolute atomic E-state index is 12.8. The molecule has 0 aliphatic heterocycles. The maximum atomic E-state index is 12.8. The summed E-state index contributed by atoms with van der Waals surface area (Å²) in [6, 6.07) is 9.96. The first-order valence-corrected chi connectivity index (χ1v) is 10.6. The fraction of sp³-hybridized carbons (Fsp3) is 0.235. The molecule has 0 aliphatic carbocycles. The molecular formula is C17H17Cl3N2O3S. The second kappa shape index (κ2) is 8.48. The third-order valence-electron chi connectivity index (χ3n) is 3.58. The monoisotopic (exact) mass is 434 g/mol. The molecule has 0 aromatic heterocycles. The van der Waals surface area contributed by atoms with Gasteiger partial charge in [0.15, 0.2) is 0 Å². The number of hydrogen-bond acceptors (Lipinski definition) is 3. The number of nitrogens with one attached hydrogen (secondary N) is 1. The van der Waals surface area contributed by atoms with Crippen LogP contribution < -0.4 is 9.62 Å². The normalized spacial score (nSPS) is 12.5. The molecule has 5 nitrogen and oxygen atoms in total. The highest BCUT2D eigenvalue weighted by Crippen LogP contribution is 2.28. The zero-order valence-corrected chi connectivity index (χ0v) is 17.1. The topological polar surface area (TPSA) is 66.5 Å². The van der Waals surface area contributed by atoms with Gasteiger partial charge in [-0.1, -0.05) is 47.8 Å². The summed E-state index contributed by atoms with van der Waals surface area (Å²) in [5, 5.41) is 3.70. The number of halogens is 3. The van der Waals surface area contributed by atoms with Crippen molar-refractivity contribution < 1.29 is 13.2 Å². The highest BCUT2D eigenvalue weighted by Gasteiger charge is 2.32. The predicted molar refractivity (Wildman–Crippen MR) is 108 cm³/mol. The Morgan fingerprint density at radius 1 is 1.12 bits per heavy atom. The molecule has 0 heterocycles. The smallest absolute Gasteiger partial charge is 0.248 e. The zero-order valence-electron chi connectivity index (χ0n) is 14.0. The van der Waals surface area contributed by atoms with Gasteiger partial charge in [0.05, 0.1) is 22.7 Å². The molecule has 0 spiro atoms.